The number of hydrogen-bond acceptors (Lipinski definition) is 5. The number of esters is 2. The van der Waals surface area contributed by atoms with Crippen LogP contribution in [0.1, 0.15) is 28.7 Å². The quantitative estimate of drug-likeness (QED) is 0.772. The highest BCUT2D eigenvalue weighted by atomic mass is 16.5. The number of hydrogen-bond donors (Lipinski definition) is 1. The molecule has 0 aliphatic rings. The van der Waals surface area contributed by atoms with Gasteiger partial charge in [0.25, 0.3) is 0 Å². The summed E-state index contributed by atoms with van der Waals surface area (Å²) >= 11 is 0. The molecule has 0 fully saturated rings. The molecule has 0 spiro atoms. The normalized spacial score (nSPS) is 12.0. The largest absolute Gasteiger partial charge is 0.469 e. The van der Waals surface area contributed by atoms with E-state index in [9.17, 15) is 14.7 Å². The minimum Gasteiger partial charge on any atom is -0.469 e. The standard InChI is InChI=1S/C11H15NO5/c1-12-7(9(13)6-10(14)16-2)4-5-8(12)11(15)17-3/h4-5,9,13H,6H2,1-3H3/t9-/m1/s1. The molecule has 6 heteroatoms. The smallest absolute Gasteiger partial charge is 0.354 e. The minimum atomic E-state index is -1.01. The number of aliphatic hydroxyl groups excluding tert-OH is 1. The Bertz CT molecular complexity index is 423. The molecule has 1 atom stereocenters. The molecule has 0 amide bonds. The summed E-state index contributed by atoms with van der Waals surface area (Å²) in [5.74, 6) is -1.01. The molecule has 0 aliphatic carbocycles. The van der Waals surface area contributed by atoms with Crippen molar-refractivity contribution in [2.75, 3.05) is 14.2 Å². The first-order valence-electron chi connectivity index (χ1n) is 5.00. The molecular formula is C11H15NO5. The molecule has 0 unspecified atom stereocenters. The van der Waals surface area contributed by atoms with Crippen LogP contribution in [0.4, 0.5) is 0 Å². The van der Waals surface area contributed by atoms with Gasteiger partial charge < -0.3 is 19.1 Å². The van der Waals surface area contributed by atoms with Crippen molar-refractivity contribution in [1.29, 1.82) is 0 Å². The highest BCUT2D eigenvalue weighted by Crippen LogP contribution is 2.19. The fourth-order valence-electron chi connectivity index (χ4n) is 1.52. The number of aliphatic hydroxyl groups is 1. The first-order valence-corrected chi connectivity index (χ1v) is 5.00. The van der Waals surface area contributed by atoms with Crippen molar-refractivity contribution in [3.05, 3.63) is 23.5 Å². The van der Waals surface area contributed by atoms with Gasteiger partial charge in [0.15, 0.2) is 0 Å². The second-order valence-electron chi connectivity index (χ2n) is 3.49. The fourth-order valence-corrected chi connectivity index (χ4v) is 1.52. The second kappa shape index (κ2) is 5.49. The number of nitrogens with zero attached hydrogens (tertiary/aromatic N) is 1. The van der Waals surface area contributed by atoms with Gasteiger partial charge in [-0.25, -0.2) is 4.79 Å². The number of aromatic nitrogens is 1. The molecule has 1 aromatic rings. The van der Waals surface area contributed by atoms with Crippen molar-refractivity contribution in [1.82, 2.24) is 4.57 Å². The van der Waals surface area contributed by atoms with Gasteiger partial charge in [-0.3, -0.25) is 4.79 Å². The molecule has 1 heterocycles. The Balaban J connectivity index is 2.89. The average molecular weight is 241 g/mol. The monoisotopic (exact) mass is 241 g/mol. The molecule has 0 radical (unpaired) electrons. The van der Waals surface area contributed by atoms with Crippen molar-refractivity contribution in [2.24, 2.45) is 7.05 Å². The van der Waals surface area contributed by atoms with Gasteiger partial charge in [-0.05, 0) is 12.1 Å². The summed E-state index contributed by atoms with van der Waals surface area (Å²) in [7, 11) is 4.14. The zero-order valence-electron chi connectivity index (χ0n) is 9.97. The lowest BCUT2D eigenvalue weighted by Gasteiger charge is -2.11. The van der Waals surface area contributed by atoms with Crippen LogP contribution in [-0.4, -0.2) is 35.8 Å². The third-order valence-electron chi connectivity index (χ3n) is 2.48. The van der Waals surface area contributed by atoms with E-state index in [1.54, 1.807) is 13.1 Å². The highest BCUT2D eigenvalue weighted by molar-refractivity contribution is 5.87. The first kappa shape index (κ1) is 13.2. The van der Waals surface area contributed by atoms with Gasteiger partial charge in [-0.15, -0.1) is 0 Å². The maximum absolute atomic E-state index is 11.3. The lowest BCUT2D eigenvalue weighted by molar-refractivity contribution is -0.143. The first-order chi connectivity index (χ1) is 8.01. The molecule has 0 aliphatic heterocycles. The van der Waals surface area contributed by atoms with E-state index in [0.717, 1.165) is 0 Å². The van der Waals surface area contributed by atoms with Crippen LogP contribution < -0.4 is 0 Å². The zero-order valence-corrected chi connectivity index (χ0v) is 9.97. The number of carbonyl (C=O) groups is 2. The van der Waals surface area contributed by atoms with Crippen LogP contribution in [-0.2, 0) is 21.3 Å². The van der Waals surface area contributed by atoms with Crippen molar-refractivity contribution in [3.63, 3.8) is 0 Å². The third kappa shape index (κ3) is 2.85. The second-order valence-corrected chi connectivity index (χ2v) is 3.49. The van der Waals surface area contributed by atoms with Gasteiger partial charge in [0.2, 0.25) is 0 Å². The van der Waals surface area contributed by atoms with Crippen molar-refractivity contribution in [2.45, 2.75) is 12.5 Å². The number of carbonyl (C=O) groups excluding carboxylic acids is 2. The highest BCUT2D eigenvalue weighted by Gasteiger charge is 2.20. The Morgan fingerprint density at radius 1 is 1.35 bits per heavy atom. The van der Waals surface area contributed by atoms with Crippen LogP contribution in [0.5, 0.6) is 0 Å². The Hall–Kier alpha value is -1.82. The van der Waals surface area contributed by atoms with Gasteiger partial charge in [0.05, 0.1) is 20.6 Å². The molecule has 1 aromatic heterocycles. The summed E-state index contributed by atoms with van der Waals surface area (Å²) < 4.78 is 10.5. The topological polar surface area (TPSA) is 77.8 Å². The molecule has 94 valence electrons. The molecule has 0 aromatic carbocycles. The van der Waals surface area contributed by atoms with E-state index in [-0.39, 0.29) is 6.42 Å². The van der Waals surface area contributed by atoms with Gasteiger partial charge >= 0.3 is 11.9 Å². The van der Waals surface area contributed by atoms with E-state index in [4.69, 9.17) is 0 Å². The van der Waals surface area contributed by atoms with E-state index >= 15 is 0 Å². The van der Waals surface area contributed by atoms with E-state index in [2.05, 4.69) is 9.47 Å². The summed E-state index contributed by atoms with van der Waals surface area (Å²) in [4.78, 5) is 22.4. The van der Waals surface area contributed by atoms with Crippen LogP contribution >= 0.6 is 0 Å². The predicted octanol–water partition coefficient (Wildman–Crippen LogP) is 0.408. The van der Waals surface area contributed by atoms with Crippen molar-refractivity contribution < 1.29 is 24.2 Å². The summed E-state index contributed by atoms with van der Waals surface area (Å²) in [6, 6.07) is 3.10. The lowest BCUT2D eigenvalue weighted by atomic mass is 10.2. The van der Waals surface area contributed by atoms with Gasteiger partial charge in [0, 0.05) is 12.7 Å². The van der Waals surface area contributed by atoms with Crippen molar-refractivity contribution >= 4 is 11.9 Å². The van der Waals surface area contributed by atoms with E-state index < -0.39 is 18.0 Å². The Morgan fingerprint density at radius 3 is 2.53 bits per heavy atom. The molecule has 6 nitrogen and oxygen atoms in total. The fraction of sp³-hybridized carbons (Fsp3) is 0.455. The SMILES string of the molecule is COC(=O)C[C@@H](O)c1ccc(C(=O)OC)n1C. The van der Waals surface area contributed by atoms with E-state index in [1.807, 2.05) is 0 Å². The zero-order chi connectivity index (χ0) is 13.0. The molecule has 0 saturated heterocycles. The minimum absolute atomic E-state index is 0.158. The summed E-state index contributed by atoms with van der Waals surface area (Å²) in [5.41, 5.74) is 0.766. The van der Waals surface area contributed by atoms with Crippen molar-refractivity contribution in [3.8, 4) is 0 Å². The van der Waals surface area contributed by atoms with Gasteiger partial charge in [-0.2, -0.15) is 0 Å². The van der Waals surface area contributed by atoms with E-state index in [0.29, 0.717) is 11.4 Å². The molecular weight excluding hydrogens is 226 g/mol. The third-order valence-corrected chi connectivity index (χ3v) is 2.48. The Morgan fingerprint density at radius 2 is 2.00 bits per heavy atom. The molecule has 0 bridgehead atoms. The van der Waals surface area contributed by atoms with E-state index in [1.165, 1.54) is 24.9 Å². The molecule has 0 saturated carbocycles. The molecule has 17 heavy (non-hydrogen) atoms. The maximum atomic E-state index is 11.3. The molecule has 1 rings (SSSR count). The van der Waals surface area contributed by atoms with Crippen LogP contribution in [0.15, 0.2) is 12.1 Å². The van der Waals surface area contributed by atoms with Crippen LogP contribution in [0.25, 0.3) is 0 Å². The van der Waals surface area contributed by atoms with Crippen LogP contribution in [0, 0.1) is 0 Å². The van der Waals surface area contributed by atoms with Gasteiger partial charge in [0.1, 0.15) is 11.8 Å². The predicted molar refractivity (Wildman–Crippen MR) is 58.3 cm³/mol. The Labute approximate surface area is 98.7 Å². The summed E-state index contributed by atoms with van der Waals surface area (Å²) in [6.45, 7) is 0. The Kier molecular flexibility index (Phi) is 4.28. The number of rotatable bonds is 4. The lowest BCUT2D eigenvalue weighted by Crippen LogP contribution is -2.14. The number of ether oxygens (including phenoxy) is 2. The average Bonchev–Trinajstić information content (AvgIpc) is 2.69. The van der Waals surface area contributed by atoms with Crippen LogP contribution in [0.2, 0.25) is 0 Å². The summed E-state index contributed by atoms with van der Waals surface area (Å²) in [5, 5.41) is 9.80. The summed E-state index contributed by atoms with van der Waals surface area (Å²) in [6.07, 6.45) is -1.17. The van der Waals surface area contributed by atoms with Gasteiger partial charge in [-0.1, -0.05) is 0 Å². The maximum Gasteiger partial charge on any atom is 0.354 e. The van der Waals surface area contributed by atoms with Crippen LogP contribution in [0.3, 0.4) is 0 Å². The number of methoxy groups -OCH3 is 2. The molecule has 1 N–H and O–H groups in total.